The van der Waals surface area contributed by atoms with E-state index in [2.05, 4.69) is 15.8 Å². The van der Waals surface area contributed by atoms with Crippen LogP contribution in [0.5, 0.6) is 0 Å². The number of nitrogens with zero attached hydrogens (tertiary/aromatic N) is 2. The molecule has 0 saturated heterocycles. The van der Waals surface area contributed by atoms with Crippen LogP contribution in [0.1, 0.15) is 32.5 Å². The molecule has 9 heteroatoms. The third-order valence-corrected chi connectivity index (χ3v) is 4.84. The van der Waals surface area contributed by atoms with Gasteiger partial charge in [0.1, 0.15) is 0 Å². The summed E-state index contributed by atoms with van der Waals surface area (Å²) in [7, 11) is 0. The highest BCUT2D eigenvalue weighted by Gasteiger charge is 2.10. The van der Waals surface area contributed by atoms with Crippen molar-refractivity contribution in [2.45, 2.75) is 6.92 Å². The van der Waals surface area contributed by atoms with Gasteiger partial charge in [0.25, 0.3) is 17.5 Å². The number of nitro groups is 1. The topological polar surface area (TPSA) is 114 Å². The Morgan fingerprint density at radius 1 is 0.966 bits per heavy atom. The average Bonchev–Trinajstić information content (AvgIpc) is 3.27. The number of thiophene rings is 1. The number of carbonyl (C=O) groups excluding carboxylic acids is 2. The maximum absolute atomic E-state index is 12.1. The van der Waals surface area contributed by atoms with Crippen molar-refractivity contribution >= 4 is 40.2 Å². The van der Waals surface area contributed by atoms with Crippen molar-refractivity contribution in [3.8, 4) is 0 Å². The van der Waals surface area contributed by atoms with E-state index in [0.717, 1.165) is 5.56 Å². The van der Waals surface area contributed by atoms with Crippen molar-refractivity contribution in [3.63, 3.8) is 0 Å². The van der Waals surface area contributed by atoms with E-state index in [4.69, 9.17) is 0 Å². The Labute approximate surface area is 170 Å². The Morgan fingerprint density at radius 3 is 2.21 bits per heavy atom. The highest BCUT2D eigenvalue weighted by molar-refractivity contribution is 7.12. The maximum Gasteiger partial charge on any atom is 0.271 e. The summed E-state index contributed by atoms with van der Waals surface area (Å²) < 4.78 is 0. The molecule has 0 bridgehead atoms. The zero-order valence-electron chi connectivity index (χ0n) is 15.3. The first-order chi connectivity index (χ1) is 13.9. The van der Waals surface area contributed by atoms with Crippen LogP contribution in [0.15, 0.2) is 71.1 Å². The summed E-state index contributed by atoms with van der Waals surface area (Å²) in [4.78, 5) is 34.9. The molecule has 0 spiro atoms. The molecule has 0 saturated carbocycles. The van der Waals surface area contributed by atoms with Crippen molar-refractivity contribution < 1.29 is 14.5 Å². The highest BCUT2D eigenvalue weighted by atomic mass is 32.1. The molecule has 0 fully saturated rings. The van der Waals surface area contributed by atoms with Crippen LogP contribution in [-0.2, 0) is 0 Å². The van der Waals surface area contributed by atoms with E-state index in [0.29, 0.717) is 16.3 Å². The third-order valence-electron chi connectivity index (χ3n) is 3.97. The number of nitro benzene ring substituents is 1. The quantitative estimate of drug-likeness (QED) is 0.364. The largest absolute Gasteiger partial charge is 0.321 e. The van der Waals surface area contributed by atoms with Crippen LogP contribution < -0.4 is 10.7 Å². The molecule has 1 heterocycles. The van der Waals surface area contributed by atoms with Gasteiger partial charge in [0.05, 0.1) is 15.5 Å². The maximum atomic E-state index is 12.1. The fourth-order valence-electron chi connectivity index (χ4n) is 2.39. The van der Waals surface area contributed by atoms with Gasteiger partial charge in [-0.05, 0) is 48.2 Å². The Kier molecular flexibility index (Phi) is 6.10. The van der Waals surface area contributed by atoms with Crippen LogP contribution >= 0.6 is 11.3 Å². The lowest BCUT2D eigenvalue weighted by Crippen LogP contribution is -2.19. The second-order valence-corrected chi connectivity index (χ2v) is 6.90. The van der Waals surface area contributed by atoms with Crippen LogP contribution in [0.2, 0.25) is 0 Å². The van der Waals surface area contributed by atoms with Gasteiger partial charge in [-0.2, -0.15) is 5.10 Å². The summed E-state index contributed by atoms with van der Waals surface area (Å²) in [5, 5.41) is 19.4. The van der Waals surface area contributed by atoms with Gasteiger partial charge in [-0.15, -0.1) is 11.3 Å². The first-order valence-corrected chi connectivity index (χ1v) is 9.36. The number of nitrogens with one attached hydrogen (secondary N) is 2. The zero-order valence-corrected chi connectivity index (χ0v) is 16.1. The second-order valence-electron chi connectivity index (χ2n) is 5.95. The molecule has 0 aliphatic heterocycles. The van der Waals surface area contributed by atoms with Crippen molar-refractivity contribution in [1.29, 1.82) is 0 Å². The SMILES string of the molecule is C/C(=N/NC(=O)c1ccc([N+](=O)[O-])cc1)c1ccc(NC(=O)c2cccs2)cc1. The molecular formula is C20H16N4O4S. The van der Waals surface area contributed by atoms with Gasteiger partial charge in [0.2, 0.25) is 0 Å². The fraction of sp³-hybridized carbons (Fsp3) is 0.0500. The standard InChI is InChI=1S/C20H16N4O4S/c1-13(22-23-19(25)15-6-10-17(11-7-15)24(27)28)14-4-8-16(9-5-14)21-20(26)18-3-2-12-29-18/h2-12H,1H3,(H,21,26)(H,23,25)/b22-13-. The number of non-ortho nitro benzene ring substituents is 1. The van der Waals surface area contributed by atoms with Crippen LogP contribution in [-0.4, -0.2) is 22.4 Å². The van der Waals surface area contributed by atoms with Crippen molar-refractivity contribution in [2.24, 2.45) is 5.10 Å². The van der Waals surface area contributed by atoms with E-state index in [1.165, 1.54) is 35.6 Å². The summed E-state index contributed by atoms with van der Waals surface area (Å²) in [6, 6.07) is 15.9. The van der Waals surface area contributed by atoms with E-state index < -0.39 is 10.8 Å². The van der Waals surface area contributed by atoms with Gasteiger partial charge in [-0.3, -0.25) is 19.7 Å². The lowest BCUT2D eigenvalue weighted by Gasteiger charge is -2.06. The molecule has 1 aromatic heterocycles. The molecule has 3 rings (SSSR count). The Hall–Kier alpha value is -3.85. The van der Waals surface area contributed by atoms with Crippen LogP contribution in [0.4, 0.5) is 11.4 Å². The summed E-state index contributed by atoms with van der Waals surface area (Å²) in [5.41, 5.74) is 4.58. The number of hydrazone groups is 1. The predicted octanol–water partition coefficient (Wildman–Crippen LogP) is 4.06. The molecule has 0 aliphatic carbocycles. The molecular weight excluding hydrogens is 392 g/mol. The van der Waals surface area contributed by atoms with Gasteiger partial charge >= 0.3 is 0 Å². The van der Waals surface area contributed by atoms with E-state index in [-0.39, 0.29) is 17.2 Å². The molecule has 0 unspecified atom stereocenters. The first kappa shape index (κ1) is 19.9. The number of carbonyl (C=O) groups is 2. The van der Waals surface area contributed by atoms with Gasteiger partial charge in [0.15, 0.2) is 0 Å². The Morgan fingerprint density at radius 2 is 1.62 bits per heavy atom. The minimum atomic E-state index is -0.531. The molecule has 3 aromatic rings. The Bertz CT molecular complexity index is 1060. The molecule has 2 N–H and O–H groups in total. The lowest BCUT2D eigenvalue weighted by molar-refractivity contribution is -0.384. The van der Waals surface area contributed by atoms with Crippen LogP contribution in [0, 0.1) is 10.1 Å². The number of rotatable bonds is 6. The van der Waals surface area contributed by atoms with E-state index in [1.54, 1.807) is 37.3 Å². The van der Waals surface area contributed by atoms with Crippen LogP contribution in [0.3, 0.4) is 0 Å². The number of amides is 2. The monoisotopic (exact) mass is 408 g/mol. The zero-order chi connectivity index (χ0) is 20.8. The van der Waals surface area contributed by atoms with E-state index in [9.17, 15) is 19.7 Å². The molecule has 0 aliphatic rings. The smallest absolute Gasteiger partial charge is 0.271 e. The minimum Gasteiger partial charge on any atom is -0.321 e. The summed E-state index contributed by atoms with van der Waals surface area (Å²) in [6.45, 7) is 1.73. The molecule has 0 atom stereocenters. The van der Waals surface area contributed by atoms with E-state index in [1.807, 2.05) is 11.4 Å². The molecule has 8 nitrogen and oxygen atoms in total. The average molecular weight is 408 g/mol. The van der Waals surface area contributed by atoms with Crippen molar-refractivity contribution in [3.05, 3.63) is 92.2 Å². The molecule has 2 aromatic carbocycles. The minimum absolute atomic E-state index is 0.0903. The number of benzene rings is 2. The molecule has 2 amide bonds. The van der Waals surface area contributed by atoms with E-state index >= 15 is 0 Å². The van der Waals surface area contributed by atoms with Crippen LogP contribution in [0.25, 0.3) is 0 Å². The van der Waals surface area contributed by atoms with Crippen molar-refractivity contribution in [2.75, 3.05) is 5.32 Å². The van der Waals surface area contributed by atoms with Gasteiger partial charge in [-0.25, -0.2) is 5.43 Å². The van der Waals surface area contributed by atoms with Gasteiger partial charge < -0.3 is 5.32 Å². The highest BCUT2D eigenvalue weighted by Crippen LogP contribution is 2.15. The normalized spacial score (nSPS) is 11.0. The first-order valence-electron chi connectivity index (χ1n) is 8.48. The summed E-state index contributed by atoms with van der Waals surface area (Å²) in [6.07, 6.45) is 0. The van der Waals surface area contributed by atoms with Gasteiger partial charge in [-0.1, -0.05) is 18.2 Å². The molecule has 29 heavy (non-hydrogen) atoms. The second kappa shape index (κ2) is 8.89. The third kappa shape index (κ3) is 5.11. The number of hydrogen-bond donors (Lipinski definition) is 2. The van der Waals surface area contributed by atoms with Gasteiger partial charge in [0, 0.05) is 23.4 Å². The molecule has 0 radical (unpaired) electrons. The molecule has 146 valence electrons. The lowest BCUT2D eigenvalue weighted by atomic mass is 10.1. The van der Waals surface area contributed by atoms with Crippen molar-refractivity contribution in [1.82, 2.24) is 5.43 Å². The number of anilines is 1. The predicted molar refractivity (Wildman–Crippen MR) is 111 cm³/mol. The fourth-order valence-corrected chi connectivity index (χ4v) is 3.01. The Balaban J connectivity index is 1.61. The number of hydrogen-bond acceptors (Lipinski definition) is 6. The summed E-state index contributed by atoms with van der Waals surface area (Å²) in [5.74, 6) is -0.646. The summed E-state index contributed by atoms with van der Waals surface area (Å²) >= 11 is 1.36.